The summed E-state index contributed by atoms with van der Waals surface area (Å²) in [6.45, 7) is 12.5. The van der Waals surface area contributed by atoms with Crippen molar-refractivity contribution in [2.24, 2.45) is 0 Å². The number of nitrogens with one attached hydrogen (secondary N) is 1. The summed E-state index contributed by atoms with van der Waals surface area (Å²) in [4.78, 5) is 9.14. The topological polar surface area (TPSA) is 52.2 Å². The van der Waals surface area contributed by atoms with E-state index in [1.165, 1.54) is 18.2 Å². The van der Waals surface area contributed by atoms with Crippen molar-refractivity contribution < 1.29 is 9.90 Å². The van der Waals surface area contributed by atoms with E-state index in [2.05, 4.69) is 41.5 Å². The van der Waals surface area contributed by atoms with Gasteiger partial charge in [0.15, 0.2) is 0 Å². The molecule has 15 heavy (non-hydrogen) atoms. The van der Waals surface area contributed by atoms with E-state index in [-0.39, 0.29) is 37.7 Å². The van der Waals surface area contributed by atoms with Crippen molar-refractivity contribution in [1.82, 2.24) is 5.32 Å². The first-order chi connectivity index (χ1) is 6.38. The van der Waals surface area contributed by atoms with E-state index >= 15 is 0 Å². The normalized spacial score (nSPS) is 8.27. The summed E-state index contributed by atoms with van der Waals surface area (Å²) in [6.07, 6.45) is 2.70. The molecular formula is C11H21CaNO2-2. The Morgan fingerprint density at radius 3 is 1.40 bits per heavy atom. The van der Waals surface area contributed by atoms with E-state index in [1.54, 1.807) is 0 Å². The Morgan fingerprint density at radius 1 is 1.07 bits per heavy atom. The molecule has 0 atom stereocenters. The van der Waals surface area contributed by atoms with Crippen molar-refractivity contribution in [3.8, 4) is 0 Å². The second kappa shape index (κ2) is 23.8. The molecule has 0 aliphatic rings. The van der Waals surface area contributed by atoms with Gasteiger partial charge in [-0.25, -0.2) is 6.26 Å². The van der Waals surface area contributed by atoms with Gasteiger partial charge >= 0.3 is 37.7 Å². The third-order valence-electron chi connectivity index (χ3n) is 0.210. The Balaban J connectivity index is -0.0000000606. The van der Waals surface area contributed by atoms with Gasteiger partial charge in [-0.2, -0.15) is 47.7 Å². The van der Waals surface area contributed by atoms with Gasteiger partial charge in [0.05, 0.1) is 6.41 Å². The van der Waals surface area contributed by atoms with Crippen molar-refractivity contribution in [1.29, 1.82) is 0 Å². The standard InChI is InChI=1S/2C4H9.C3H4NO2.Ca/c2*1-4(2)3;5-2-1-4-3-6;/h2*1-3H3;1-2,5H,(H,4,6);/q3*-1;+2/p-1. The summed E-state index contributed by atoms with van der Waals surface area (Å²) in [5.41, 5.74) is 0. The van der Waals surface area contributed by atoms with E-state index in [0.29, 0.717) is 6.26 Å². The Bertz CT molecular complexity index is 114. The smallest absolute Gasteiger partial charge is 0.890 e. The van der Waals surface area contributed by atoms with Gasteiger partial charge in [-0.15, -0.1) is 0 Å². The summed E-state index contributed by atoms with van der Waals surface area (Å²) < 4.78 is 0. The summed E-state index contributed by atoms with van der Waals surface area (Å²) in [6, 6.07) is 0. The number of hydrogen-bond donors (Lipinski definition) is 1. The van der Waals surface area contributed by atoms with Crippen LogP contribution in [0.1, 0.15) is 41.5 Å². The Labute approximate surface area is 124 Å². The fourth-order valence-corrected chi connectivity index (χ4v) is 0.0680. The Hall–Kier alpha value is 0.270. The molecule has 1 N–H and O–H groups in total. The molecule has 0 bridgehead atoms. The van der Waals surface area contributed by atoms with Crippen LogP contribution in [0.5, 0.6) is 0 Å². The van der Waals surface area contributed by atoms with E-state index in [9.17, 15) is 5.11 Å². The minimum atomic E-state index is 0. The molecule has 0 aliphatic heterocycles. The number of rotatable bonds is 2. The SMILES string of the molecule is C[C-](C)C.C[C-](C)C.O=[C-]NC=C[O-].[Ca+2]. The molecule has 0 aliphatic carbocycles. The quantitative estimate of drug-likeness (QED) is 0.342. The van der Waals surface area contributed by atoms with E-state index in [1.807, 2.05) is 5.32 Å². The van der Waals surface area contributed by atoms with Crippen LogP contribution in [0.4, 0.5) is 0 Å². The largest absolute Gasteiger partial charge is 2.00 e. The zero-order valence-electron chi connectivity index (χ0n) is 10.7. The monoisotopic (exact) mass is 239 g/mol. The first-order valence-corrected chi connectivity index (χ1v) is 4.31. The van der Waals surface area contributed by atoms with Crippen LogP contribution in [0.25, 0.3) is 0 Å². The minimum Gasteiger partial charge on any atom is -0.890 e. The third kappa shape index (κ3) is 201. The average molecular weight is 239 g/mol. The van der Waals surface area contributed by atoms with Crippen molar-refractivity contribution >= 4 is 44.1 Å². The predicted octanol–water partition coefficient (Wildman–Crippen LogP) is 1.34. The van der Waals surface area contributed by atoms with Crippen LogP contribution in [0, 0.1) is 11.8 Å². The molecule has 0 saturated carbocycles. The number of hydrogen-bond acceptors (Lipinski definition) is 2. The second-order valence-electron chi connectivity index (χ2n) is 3.55. The van der Waals surface area contributed by atoms with Crippen LogP contribution >= 0.6 is 0 Å². The van der Waals surface area contributed by atoms with Crippen LogP contribution in [-0.2, 0) is 4.79 Å². The van der Waals surface area contributed by atoms with E-state index in [0.717, 1.165) is 6.20 Å². The maximum Gasteiger partial charge on any atom is 2.00 e. The predicted molar refractivity (Wildman–Crippen MR) is 64.3 cm³/mol. The van der Waals surface area contributed by atoms with Gasteiger partial charge in [0, 0.05) is 0 Å². The summed E-state index contributed by atoms with van der Waals surface area (Å²) in [5, 5.41) is 11.2. The van der Waals surface area contributed by atoms with Gasteiger partial charge in [0.2, 0.25) is 0 Å². The molecule has 0 unspecified atom stereocenters. The molecule has 0 aromatic heterocycles. The maximum atomic E-state index is 9.27. The zero-order chi connectivity index (χ0) is 12.0. The fourth-order valence-electron chi connectivity index (χ4n) is 0.0680. The Morgan fingerprint density at radius 2 is 1.33 bits per heavy atom. The van der Waals surface area contributed by atoms with Crippen molar-refractivity contribution in [2.75, 3.05) is 0 Å². The minimum absolute atomic E-state index is 0. The maximum absolute atomic E-state index is 9.27. The average Bonchev–Trinajstić information content (AvgIpc) is 1.98. The van der Waals surface area contributed by atoms with Crippen molar-refractivity contribution in [3.63, 3.8) is 0 Å². The second-order valence-corrected chi connectivity index (χ2v) is 3.55. The molecule has 0 spiro atoms. The van der Waals surface area contributed by atoms with Gasteiger partial charge in [0.25, 0.3) is 0 Å². The first kappa shape index (κ1) is 24.5. The van der Waals surface area contributed by atoms with Crippen molar-refractivity contribution in [2.45, 2.75) is 41.5 Å². The van der Waals surface area contributed by atoms with E-state index in [4.69, 9.17) is 4.79 Å². The molecular weight excluding hydrogens is 218 g/mol. The van der Waals surface area contributed by atoms with Crippen LogP contribution < -0.4 is 10.4 Å². The van der Waals surface area contributed by atoms with Crippen LogP contribution in [0.15, 0.2) is 12.5 Å². The zero-order valence-corrected chi connectivity index (χ0v) is 12.9. The van der Waals surface area contributed by atoms with Gasteiger partial charge in [-0.1, -0.05) is 0 Å². The third-order valence-corrected chi connectivity index (χ3v) is 0.210. The molecule has 0 aromatic carbocycles. The van der Waals surface area contributed by atoms with Crippen LogP contribution in [-0.4, -0.2) is 44.1 Å². The summed E-state index contributed by atoms with van der Waals surface area (Å²) in [5.74, 6) is 2.83. The molecule has 0 rings (SSSR count). The van der Waals surface area contributed by atoms with Crippen LogP contribution in [0.2, 0.25) is 0 Å². The van der Waals surface area contributed by atoms with E-state index < -0.39 is 0 Å². The molecule has 0 fully saturated rings. The molecule has 86 valence electrons. The molecule has 0 aromatic rings. The molecule has 0 saturated heterocycles. The number of amides is 1. The van der Waals surface area contributed by atoms with Gasteiger partial charge in [-0.05, 0) is 0 Å². The Kier molecular flexibility index (Phi) is 38.9. The van der Waals surface area contributed by atoms with Gasteiger partial charge in [0.1, 0.15) is 0 Å². The fraction of sp³-hybridized carbons (Fsp3) is 0.545. The summed E-state index contributed by atoms with van der Waals surface area (Å²) in [7, 11) is 0. The molecule has 3 nitrogen and oxygen atoms in total. The van der Waals surface area contributed by atoms with Gasteiger partial charge < -0.3 is 27.1 Å². The summed E-state index contributed by atoms with van der Waals surface area (Å²) >= 11 is 0. The van der Waals surface area contributed by atoms with Crippen LogP contribution in [0.3, 0.4) is 0 Å². The molecule has 4 heteroatoms. The first-order valence-electron chi connectivity index (χ1n) is 4.31. The molecule has 0 heterocycles. The molecule has 0 radical (unpaired) electrons. The van der Waals surface area contributed by atoms with Crippen molar-refractivity contribution in [3.05, 3.63) is 24.3 Å². The van der Waals surface area contributed by atoms with Gasteiger partial charge in [-0.3, -0.25) is 0 Å². The molecule has 1 amide bonds. The number of carbonyl (C=O) groups excluding carboxylic acids is 1.